The molecule has 0 heterocycles. The molecule has 0 aromatic rings. The minimum Gasteiger partial charge on any atom is -0.545 e. The van der Waals surface area contributed by atoms with Gasteiger partial charge in [0.25, 0.3) is 0 Å². The highest BCUT2D eigenvalue weighted by Gasteiger charge is 2.22. The summed E-state index contributed by atoms with van der Waals surface area (Å²) in [6, 6.07) is 0. The van der Waals surface area contributed by atoms with Gasteiger partial charge in [-0.2, -0.15) is 0 Å². The number of nitrogens with zero attached hydrogens (tertiary/aromatic N) is 1. The summed E-state index contributed by atoms with van der Waals surface area (Å²) < 4.78 is 22.7. The van der Waals surface area contributed by atoms with E-state index in [1.807, 2.05) is 21.1 Å². The van der Waals surface area contributed by atoms with Crippen LogP contribution < -0.4 is 5.11 Å². The Balaban J connectivity index is 4.13. The fraction of sp³-hybridized carbons (Fsp3) is 0.688. The Kier molecular flexibility index (Phi) is 65.8. The smallest absolute Gasteiger partial charge is 0.306 e. The fourth-order valence-electron chi connectivity index (χ4n) is 9.86. The molecule has 0 N–H and O–H groups in total. The molecule has 0 aliphatic heterocycles. The number of hydrogen-bond donors (Lipinski definition) is 0. The van der Waals surface area contributed by atoms with Gasteiger partial charge in [-0.3, -0.25) is 9.59 Å². The van der Waals surface area contributed by atoms with Gasteiger partial charge in [-0.1, -0.05) is 302 Å². The number of aliphatic carboxylic acids is 1. The number of quaternary nitrogens is 1. The average Bonchev–Trinajstić information content (AvgIpc) is 3.64. The number of rotatable bonds is 66. The second-order valence-electron chi connectivity index (χ2n) is 25.1. The van der Waals surface area contributed by atoms with Gasteiger partial charge in [0.05, 0.1) is 40.3 Å². The van der Waals surface area contributed by atoms with Gasteiger partial charge in [0.1, 0.15) is 13.2 Å². The third-order valence-corrected chi connectivity index (χ3v) is 15.4. The van der Waals surface area contributed by atoms with E-state index in [4.69, 9.17) is 18.9 Å². The SMILES string of the molecule is CC/C=C\C/C=C\C/C=C\C/C=C\C/C=C\C/C=C\C/C=C\C/C=C\CCCCC(=O)OC(COC(=O)CCCCCCCCCCCCCCCCCCCCCCCC/C=C\C/C=C\C/C=C\CCCCCCC)COC(OCC[N+](C)(C)C)C(=O)[O-]. The van der Waals surface area contributed by atoms with Crippen molar-refractivity contribution >= 4 is 17.9 Å². The molecule has 89 heavy (non-hydrogen) atoms. The molecule has 0 bridgehead atoms. The van der Waals surface area contributed by atoms with Gasteiger partial charge in [0.15, 0.2) is 12.4 Å². The standard InChI is InChI=1S/C80H135NO8/c1-6-8-10-12-14-16-18-20-22-24-26-28-30-32-34-35-36-37-38-39-40-41-42-43-45-46-48-50-52-54-56-58-60-62-64-66-68-70-77(82)87-74-76(75-88-80(79(84)85)86-73-72-81(3,4)5)89-78(83)71-69-67-65-63-61-59-57-55-53-51-49-47-44-33-31-29-27-25-23-21-19-17-15-13-11-9-7-2/h9,11,15,17-18,20-21,23-24,26-27,29-30,32-33,44,49,51,55,57,61,63,76,80H,6-8,10,12-14,16,19,22,25,28,31,34-43,45-48,50,52-54,56,58-60,62,64-75H2,1-5H3/b11-9-,17-15-,20-18-,23-21-,26-24-,29-27-,32-30-,44-33-,51-49-,57-55-,63-61-. The van der Waals surface area contributed by atoms with Crippen LogP contribution in [0, 0.1) is 0 Å². The Morgan fingerprint density at radius 1 is 0.348 bits per heavy atom. The summed E-state index contributed by atoms with van der Waals surface area (Å²) >= 11 is 0. The molecule has 0 rings (SSSR count). The van der Waals surface area contributed by atoms with Crippen molar-refractivity contribution in [1.82, 2.24) is 0 Å². The van der Waals surface area contributed by atoms with Crippen molar-refractivity contribution in [3.8, 4) is 0 Å². The summed E-state index contributed by atoms with van der Waals surface area (Å²) in [4.78, 5) is 37.5. The number of unbranched alkanes of at least 4 members (excludes halogenated alkanes) is 29. The van der Waals surface area contributed by atoms with Gasteiger partial charge >= 0.3 is 11.9 Å². The molecular formula is C80H135NO8. The summed E-state index contributed by atoms with van der Waals surface area (Å²) in [6.45, 7) is 4.58. The number of allylic oxidation sites excluding steroid dienone is 22. The van der Waals surface area contributed by atoms with E-state index >= 15 is 0 Å². The van der Waals surface area contributed by atoms with Gasteiger partial charge in [-0.15, -0.1) is 0 Å². The Hall–Kier alpha value is -4.57. The van der Waals surface area contributed by atoms with Crippen LogP contribution in [-0.2, 0) is 33.3 Å². The van der Waals surface area contributed by atoms with Gasteiger partial charge in [-0.25, -0.2) is 0 Å². The Labute approximate surface area is 548 Å². The number of carboxylic acids is 1. The molecule has 0 spiro atoms. The predicted octanol–water partition coefficient (Wildman–Crippen LogP) is 21.6. The first-order valence-electron chi connectivity index (χ1n) is 36.3. The van der Waals surface area contributed by atoms with Crippen molar-refractivity contribution < 1.29 is 42.9 Å². The van der Waals surface area contributed by atoms with Crippen LogP contribution in [0.4, 0.5) is 0 Å². The van der Waals surface area contributed by atoms with Crippen molar-refractivity contribution in [3.05, 3.63) is 134 Å². The summed E-state index contributed by atoms with van der Waals surface area (Å²) in [5, 5.41) is 11.8. The quantitative estimate of drug-likeness (QED) is 0.0195. The van der Waals surface area contributed by atoms with E-state index in [0.29, 0.717) is 17.4 Å². The zero-order valence-corrected chi connectivity index (χ0v) is 58.0. The Bertz CT molecular complexity index is 1930. The van der Waals surface area contributed by atoms with Gasteiger partial charge in [0, 0.05) is 12.8 Å². The third kappa shape index (κ3) is 70.7. The maximum absolute atomic E-state index is 12.9. The second kappa shape index (κ2) is 69.3. The summed E-state index contributed by atoms with van der Waals surface area (Å²) in [6.07, 6.45) is 97.0. The van der Waals surface area contributed by atoms with Crippen LogP contribution in [0.2, 0.25) is 0 Å². The minimum atomic E-state index is -1.64. The van der Waals surface area contributed by atoms with Crippen molar-refractivity contribution in [3.63, 3.8) is 0 Å². The van der Waals surface area contributed by atoms with Gasteiger partial charge in [0.2, 0.25) is 0 Å². The van der Waals surface area contributed by atoms with Crippen LogP contribution in [0.5, 0.6) is 0 Å². The van der Waals surface area contributed by atoms with Crippen LogP contribution in [0.3, 0.4) is 0 Å². The van der Waals surface area contributed by atoms with Crippen LogP contribution in [0.15, 0.2) is 134 Å². The molecule has 2 atom stereocenters. The number of ether oxygens (including phenoxy) is 4. The first kappa shape index (κ1) is 84.4. The maximum Gasteiger partial charge on any atom is 0.306 e. The maximum atomic E-state index is 12.9. The molecule has 9 heteroatoms. The summed E-state index contributed by atoms with van der Waals surface area (Å²) in [7, 11) is 5.91. The highest BCUT2D eigenvalue weighted by Crippen LogP contribution is 2.17. The number of likely N-dealkylation sites (N-methyl/N-ethyl adjacent to an activating group) is 1. The molecule has 0 fully saturated rings. The first-order chi connectivity index (χ1) is 43.6. The monoisotopic (exact) mass is 1240 g/mol. The van der Waals surface area contributed by atoms with E-state index in [2.05, 4.69) is 148 Å². The number of carbonyl (C=O) groups excluding carboxylic acids is 3. The lowest BCUT2D eigenvalue weighted by atomic mass is 10.0. The molecule has 0 aromatic heterocycles. The molecule has 9 nitrogen and oxygen atoms in total. The zero-order valence-electron chi connectivity index (χ0n) is 58.0. The molecule has 0 aliphatic carbocycles. The lowest BCUT2D eigenvalue weighted by Crippen LogP contribution is -2.44. The number of hydrogen-bond acceptors (Lipinski definition) is 8. The predicted molar refractivity (Wildman–Crippen MR) is 379 cm³/mol. The van der Waals surface area contributed by atoms with Gasteiger partial charge < -0.3 is 33.3 Å². The van der Waals surface area contributed by atoms with E-state index in [1.165, 1.54) is 167 Å². The summed E-state index contributed by atoms with van der Waals surface area (Å²) in [5.41, 5.74) is 0. The van der Waals surface area contributed by atoms with Crippen LogP contribution in [0.1, 0.15) is 296 Å². The fourth-order valence-corrected chi connectivity index (χ4v) is 9.86. The molecule has 0 aromatic carbocycles. The normalized spacial score (nSPS) is 13.5. The van der Waals surface area contributed by atoms with Gasteiger partial charge in [-0.05, 0) is 116 Å². The molecule has 508 valence electrons. The first-order valence-corrected chi connectivity index (χ1v) is 36.3. The van der Waals surface area contributed by atoms with E-state index in [1.54, 1.807) is 0 Å². The second-order valence-corrected chi connectivity index (χ2v) is 25.1. The zero-order chi connectivity index (χ0) is 64.7. The van der Waals surface area contributed by atoms with Crippen LogP contribution in [-0.4, -0.2) is 82.3 Å². The topological polar surface area (TPSA) is 111 Å². The lowest BCUT2D eigenvalue weighted by molar-refractivity contribution is -0.870. The van der Waals surface area contributed by atoms with Crippen molar-refractivity contribution in [2.24, 2.45) is 0 Å². The molecule has 0 aliphatic rings. The number of carboxylic acid groups (broad SMARTS) is 1. The molecule has 0 amide bonds. The molecule has 0 saturated carbocycles. The van der Waals surface area contributed by atoms with Crippen LogP contribution in [0.25, 0.3) is 0 Å². The Morgan fingerprint density at radius 3 is 0.978 bits per heavy atom. The summed E-state index contributed by atoms with van der Waals surface area (Å²) in [5.74, 6) is -2.35. The molecular weight excluding hydrogens is 1100 g/mol. The lowest BCUT2D eigenvalue weighted by Gasteiger charge is -2.26. The van der Waals surface area contributed by atoms with E-state index in [9.17, 15) is 19.5 Å². The molecule has 2 unspecified atom stereocenters. The largest absolute Gasteiger partial charge is 0.545 e. The highest BCUT2D eigenvalue weighted by atomic mass is 16.7. The van der Waals surface area contributed by atoms with E-state index < -0.39 is 24.3 Å². The van der Waals surface area contributed by atoms with E-state index in [-0.39, 0.29) is 38.6 Å². The minimum absolute atomic E-state index is 0.133. The van der Waals surface area contributed by atoms with Crippen molar-refractivity contribution in [2.75, 3.05) is 47.5 Å². The average molecular weight is 1240 g/mol. The van der Waals surface area contributed by atoms with Crippen molar-refractivity contribution in [2.45, 2.75) is 309 Å². The third-order valence-electron chi connectivity index (χ3n) is 15.4. The molecule has 0 radical (unpaired) electrons. The van der Waals surface area contributed by atoms with Crippen LogP contribution >= 0.6 is 0 Å². The van der Waals surface area contributed by atoms with Crippen molar-refractivity contribution in [1.29, 1.82) is 0 Å². The Morgan fingerprint density at radius 2 is 0.640 bits per heavy atom. The number of carbonyl (C=O) groups is 3. The number of esters is 2. The van der Waals surface area contributed by atoms with E-state index in [0.717, 1.165) is 96.3 Å². The highest BCUT2D eigenvalue weighted by molar-refractivity contribution is 5.70. The molecule has 0 saturated heterocycles.